The first-order valence-electron chi connectivity index (χ1n) is 10.1. The van der Waals surface area contributed by atoms with Crippen LogP contribution in [0.15, 0.2) is 60.7 Å². The number of fused-ring (bicyclic) bond motifs is 2. The predicted octanol–water partition coefficient (Wildman–Crippen LogP) is 4.77. The van der Waals surface area contributed by atoms with Crippen molar-refractivity contribution in [3.05, 3.63) is 71.2 Å². The number of hydrogen-bond acceptors (Lipinski definition) is 5. The van der Waals surface area contributed by atoms with E-state index in [0.717, 1.165) is 32.4 Å². The lowest BCUT2D eigenvalue weighted by atomic mass is 9.76. The molecule has 0 unspecified atom stereocenters. The standard InChI is InChI=1S/C24H20N2O4S/c27-22(26-24(23(28)29)12-5-13-24)17-11-10-15-6-1-2-7-16(15)21(17)30-14-20-25-18-8-3-4-9-19(18)31-20/h1-4,6-11H,5,12-14H2,(H,26,27)(H,28,29). The maximum absolute atomic E-state index is 13.1. The summed E-state index contributed by atoms with van der Waals surface area (Å²) in [4.78, 5) is 29.4. The van der Waals surface area contributed by atoms with Crippen LogP contribution in [0, 0.1) is 0 Å². The summed E-state index contributed by atoms with van der Waals surface area (Å²) in [6.07, 6.45) is 1.65. The molecule has 0 radical (unpaired) electrons. The largest absolute Gasteiger partial charge is 0.485 e. The van der Waals surface area contributed by atoms with Crippen molar-refractivity contribution in [2.45, 2.75) is 31.4 Å². The molecule has 0 spiro atoms. The normalized spacial score (nSPS) is 14.8. The van der Waals surface area contributed by atoms with Crippen molar-refractivity contribution in [2.24, 2.45) is 0 Å². The third-order valence-electron chi connectivity index (χ3n) is 5.77. The number of carbonyl (C=O) groups excluding carboxylic acids is 1. The van der Waals surface area contributed by atoms with Gasteiger partial charge in [0.05, 0.1) is 15.8 Å². The Morgan fingerprint density at radius 2 is 1.84 bits per heavy atom. The number of nitrogens with one attached hydrogen (secondary N) is 1. The SMILES string of the molecule is O=C(NC1(C(=O)O)CCC1)c1ccc2ccccc2c1OCc1nc2ccccc2s1. The number of thiazole rings is 1. The van der Waals surface area contributed by atoms with E-state index in [1.165, 1.54) is 0 Å². The molecule has 6 nitrogen and oxygen atoms in total. The molecular weight excluding hydrogens is 412 g/mol. The number of carboxylic acids is 1. The van der Waals surface area contributed by atoms with Crippen LogP contribution in [0.3, 0.4) is 0 Å². The van der Waals surface area contributed by atoms with Crippen LogP contribution in [-0.4, -0.2) is 27.5 Å². The molecule has 5 rings (SSSR count). The molecule has 1 aromatic heterocycles. The van der Waals surface area contributed by atoms with Crippen LogP contribution in [0.5, 0.6) is 5.75 Å². The van der Waals surface area contributed by atoms with Crippen molar-refractivity contribution in [3.63, 3.8) is 0 Å². The van der Waals surface area contributed by atoms with Gasteiger partial charge in [-0.1, -0.05) is 42.5 Å². The highest BCUT2D eigenvalue weighted by Gasteiger charge is 2.46. The van der Waals surface area contributed by atoms with Gasteiger partial charge in [0.2, 0.25) is 0 Å². The Morgan fingerprint density at radius 3 is 2.58 bits per heavy atom. The second kappa shape index (κ2) is 7.67. The van der Waals surface area contributed by atoms with Crippen molar-refractivity contribution < 1.29 is 19.4 Å². The number of ether oxygens (including phenoxy) is 1. The molecule has 1 aliphatic rings. The zero-order chi connectivity index (χ0) is 21.4. The molecule has 0 atom stereocenters. The second-order valence-corrected chi connectivity index (χ2v) is 8.84. The zero-order valence-electron chi connectivity index (χ0n) is 16.6. The van der Waals surface area contributed by atoms with Crippen molar-refractivity contribution in [1.82, 2.24) is 10.3 Å². The van der Waals surface area contributed by atoms with E-state index in [1.54, 1.807) is 17.4 Å². The molecule has 31 heavy (non-hydrogen) atoms. The fourth-order valence-electron chi connectivity index (χ4n) is 3.90. The van der Waals surface area contributed by atoms with E-state index in [-0.39, 0.29) is 6.61 Å². The first-order valence-corrected chi connectivity index (χ1v) is 10.9. The fraction of sp³-hybridized carbons (Fsp3) is 0.208. The Hall–Kier alpha value is -3.45. The smallest absolute Gasteiger partial charge is 0.329 e. The molecule has 0 saturated heterocycles. The molecule has 4 aromatic rings. The van der Waals surface area contributed by atoms with Gasteiger partial charge >= 0.3 is 5.97 Å². The maximum atomic E-state index is 13.1. The second-order valence-electron chi connectivity index (χ2n) is 7.72. The van der Waals surface area contributed by atoms with Gasteiger partial charge in [0.1, 0.15) is 22.9 Å². The molecule has 7 heteroatoms. The molecule has 1 aliphatic carbocycles. The van der Waals surface area contributed by atoms with Gasteiger partial charge in [0, 0.05) is 5.39 Å². The lowest BCUT2D eigenvalue weighted by Crippen LogP contribution is -2.59. The minimum Gasteiger partial charge on any atom is -0.485 e. The van der Waals surface area contributed by atoms with Crippen molar-refractivity contribution in [1.29, 1.82) is 0 Å². The summed E-state index contributed by atoms with van der Waals surface area (Å²) in [6.45, 7) is 0.220. The number of hydrogen-bond donors (Lipinski definition) is 2. The molecule has 2 N–H and O–H groups in total. The highest BCUT2D eigenvalue weighted by atomic mass is 32.1. The molecule has 156 valence electrons. The summed E-state index contributed by atoms with van der Waals surface area (Å²) in [5.41, 5.74) is 0.0511. The lowest BCUT2D eigenvalue weighted by molar-refractivity contribution is -0.148. The summed E-state index contributed by atoms with van der Waals surface area (Å²) < 4.78 is 7.23. The number of nitrogens with zero attached hydrogens (tertiary/aromatic N) is 1. The van der Waals surface area contributed by atoms with E-state index in [4.69, 9.17) is 4.74 Å². The average Bonchev–Trinajstić information content (AvgIpc) is 3.17. The van der Waals surface area contributed by atoms with E-state index in [0.29, 0.717) is 24.2 Å². The third-order valence-corrected chi connectivity index (χ3v) is 6.78. The molecule has 1 amide bonds. The molecule has 0 aliphatic heterocycles. The number of para-hydroxylation sites is 1. The molecule has 3 aromatic carbocycles. The van der Waals surface area contributed by atoms with Gasteiger partial charge < -0.3 is 15.2 Å². The summed E-state index contributed by atoms with van der Waals surface area (Å²) >= 11 is 1.55. The van der Waals surface area contributed by atoms with Gasteiger partial charge in [-0.05, 0) is 42.8 Å². The highest BCUT2D eigenvalue weighted by molar-refractivity contribution is 7.18. The van der Waals surface area contributed by atoms with E-state index >= 15 is 0 Å². The number of carbonyl (C=O) groups is 2. The number of aromatic nitrogens is 1. The minimum absolute atomic E-state index is 0.220. The van der Waals surface area contributed by atoms with Gasteiger partial charge in [-0.2, -0.15) is 0 Å². The van der Waals surface area contributed by atoms with Crippen molar-refractivity contribution in [3.8, 4) is 5.75 Å². The van der Waals surface area contributed by atoms with Crippen LogP contribution in [0.2, 0.25) is 0 Å². The number of benzene rings is 3. The number of rotatable bonds is 6. The topological polar surface area (TPSA) is 88.5 Å². The van der Waals surface area contributed by atoms with Crippen LogP contribution in [0.4, 0.5) is 0 Å². The van der Waals surface area contributed by atoms with Gasteiger partial charge in [0.15, 0.2) is 0 Å². The van der Waals surface area contributed by atoms with Crippen LogP contribution < -0.4 is 10.1 Å². The molecule has 1 fully saturated rings. The quantitative estimate of drug-likeness (QED) is 0.458. The van der Waals surface area contributed by atoms with Gasteiger partial charge in [-0.25, -0.2) is 9.78 Å². The third kappa shape index (κ3) is 3.51. The first kappa shape index (κ1) is 19.5. The van der Waals surface area contributed by atoms with Crippen molar-refractivity contribution >= 4 is 44.2 Å². The number of amides is 1. The van der Waals surface area contributed by atoms with Crippen LogP contribution in [0.25, 0.3) is 21.0 Å². The highest BCUT2D eigenvalue weighted by Crippen LogP contribution is 2.35. The maximum Gasteiger partial charge on any atom is 0.329 e. The summed E-state index contributed by atoms with van der Waals surface area (Å²) in [5.74, 6) is -0.994. The first-order chi connectivity index (χ1) is 15.1. The Kier molecular flexibility index (Phi) is 4.82. The summed E-state index contributed by atoms with van der Waals surface area (Å²) in [5, 5.41) is 14.9. The molecule has 0 bridgehead atoms. The monoisotopic (exact) mass is 432 g/mol. The number of aliphatic carboxylic acids is 1. The Morgan fingerprint density at radius 1 is 1.06 bits per heavy atom. The van der Waals surface area contributed by atoms with Gasteiger partial charge in [-0.15, -0.1) is 11.3 Å². The van der Waals surface area contributed by atoms with Gasteiger partial charge in [0.25, 0.3) is 5.91 Å². The number of carboxylic acid groups (broad SMARTS) is 1. The lowest BCUT2D eigenvalue weighted by Gasteiger charge is -2.38. The van der Waals surface area contributed by atoms with Crippen LogP contribution >= 0.6 is 11.3 Å². The van der Waals surface area contributed by atoms with E-state index in [2.05, 4.69) is 10.3 Å². The van der Waals surface area contributed by atoms with E-state index in [1.807, 2.05) is 54.6 Å². The van der Waals surface area contributed by atoms with Gasteiger partial charge in [-0.3, -0.25) is 4.79 Å². The predicted molar refractivity (Wildman–Crippen MR) is 120 cm³/mol. The van der Waals surface area contributed by atoms with E-state index in [9.17, 15) is 14.7 Å². The Labute approximate surface area is 182 Å². The average molecular weight is 433 g/mol. The zero-order valence-corrected chi connectivity index (χ0v) is 17.4. The summed E-state index contributed by atoms with van der Waals surface area (Å²) in [6, 6.07) is 19.1. The molecular formula is C24H20N2O4S. The Balaban J connectivity index is 1.49. The van der Waals surface area contributed by atoms with Crippen LogP contribution in [-0.2, 0) is 11.4 Å². The Bertz CT molecular complexity index is 1280. The summed E-state index contributed by atoms with van der Waals surface area (Å²) in [7, 11) is 0. The molecule has 1 saturated carbocycles. The van der Waals surface area contributed by atoms with Crippen LogP contribution in [0.1, 0.15) is 34.6 Å². The minimum atomic E-state index is -1.19. The fourth-order valence-corrected chi connectivity index (χ4v) is 4.78. The molecule has 1 heterocycles. The van der Waals surface area contributed by atoms with E-state index < -0.39 is 17.4 Å². The van der Waals surface area contributed by atoms with Crippen molar-refractivity contribution in [2.75, 3.05) is 0 Å².